The van der Waals surface area contributed by atoms with Gasteiger partial charge < -0.3 is 15.5 Å². The molecule has 0 atom stereocenters. The average Bonchev–Trinajstić information content (AvgIpc) is 3.35. The van der Waals surface area contributed by atoms with Crippen LogP contribution in [0.3, 0.4) is 0 Å². The highest BCUT2D eigenvalue weighted by atomic mass is 35.5. The maximum absolute atomic E-state index is 13.1. The van der Waals surface area contributed by atoms with Gasteiger partial charge in [0, 0.05) is 30.7 Å². The predicted octanol–water partition coefficient (Wildman–Crippen LogP) is 3.00. The lowest BCUT2D eigenvalue weighted by Crippen LogP contribution is -2.46. The van der Waals surface area contributed by atoms with Gasteiger partial charge in [0.05, 0.1) is 5.02 Å². The number of nitrogens with one attached hydrogen (secondary N) is 2. The van der Waals surface area contributed by atoms with E-state index in [4.69, 9.17) is 11.6 Å². The van der Waals surface area contributed by atoms with E-state index in [-0.39, 0.29) is 22.9 Å². The summed E-state index contributed by atoms with van der Waals surface area (Å²) in [6.45, 7) is 1.14. The second-order valence-corrected chi connectivity index (χ2v) is 6.51. The summed E-state index contributed by atoms with van der Waals surface area (Å²) >= 11 is 5.71. The first-order valence-corrected chi connectivity index (χ1v) is 8.22. The van der Waals surface area contributed by atoms with Gasteiger partial charge in [0.1, 0.15) is 5.82 Å². The third-order valence-corrected chi connectivity index (χ3v) is 4.53. The summed E-state index contributed by atoms with van der Waals surface area (Å²) in [5.41, 5.74) is 0.482. The van der Waals surface area contributed by atoms with Crippen LogP contribution in [-0.2, 0) is 4.79 Å². The van der Waals surface area contributed by atoms with Crippen molar-refractivity contribution >= 4 is 29.2 Å². The van der Waals surface area contributed by atoms with Crippen LogP contribution in [0.25, 0.3) is 0 Å². The van der Waals surface area contributed by atoms with Crippen LogP contribution in [0.2, 0.25) is 5.02 Å². The molecule has 0 bridgehead atoms. The number of anilines is 1. The highest BCUT2D eigenvalue weighted by molar-refractivity contribution is 6.31. The van der Waals surface area contributed by atoms with Gasteiger partial charge in [-0.15, -0.1) is 0 Å². The third kappa shape index (κ3) is 4.13. The Hall–Kier alpha value is -1.82. The fourth-order valence-corrected chi connectivity index (χ4v) is 2.84. The molecule has 1 aromatic rings. The molecule has 2 aliphatic rings. The quantitative estimate of drug-likeness (QED) is 0.889. The Kier molecular flexibility index (Phi) is 4.71. The van der Waals surface area contributed by atoms with Gasteiger partial charge in [-0.1, -0.05) is 11.6 Å². The van der Waals surface area contributed by atoms with Crippen molar-refractivity contribution in [3.8, 4) is 0 Å². The minimum absolute atomic E-state index is 0.0191. The van der Waals surface area contributed by atoms with Gasteiger partial charge in [0.25, 0.3) is 0 Å². The second-order valence-electron chi connectivity index (χ2n) is 6.10. The molecule has 0 spiro atoms. The lowest BCUT2D eigenvalue weighted by molar-refractivity contribution is -0.121. The Morgan fingerprint density at radius 2 is 1.87 bits per heavy atom. The summed E-state index contributed by atoms with van der Waals surface area (Å²) < 4.78 is 13.1. The average molecular weight is 340 g/mol. The van der Waals surface area contributed by atoms with Gasteiger partial charge in [-0.2, -0.15) is 0 Å². The molecule has 1 heterocycles. The smallest absolute Gasteiger partial charge is 0.317 e. The molecule has 23 heavy (non-hydrogen) atoms. The fraction of sp³-hybridized carbons (Fsp3) is 0.500. The molecule has 124 valence electrons. The number of carbonyl (C=O) groups is 2. The van der Waals surface area contributed by atoms with Crippen LogP contribution in [0, 0.1) is 11.7 Å². The lowest BCUT2D eigenvalue weighted by Gasteiger charge is -2.31. The Balaban J connectivity index is 1.49. The highest BCUT2D eigenvalue weighted by Gasteiger charge is 2.30. The molecule has 5 nitrogen and oxygen atoms in total. The Morgan fingerprint density at radius 3 is 2.48 bits per heavy atom. The first-order valence-electron chi connectivity index (χ1n) is 7.84. The molecule has 1 saturated heterocycles. The molecule has 0 radical (unpaired) electrons. The zero-order valence-electron chi connectivity index (χ0n) is 12.6. The predicted molar refractivity (Wildman–Crippen MR) is 85.9 cm³/mol. The van der Waals surface area contributed by atoms with E-state index in [1.54, 1.807) is 4.90 Å². The molecular weight excluding hydrogens is 321 g/mol. The molecule has 1 aromatic carbocycles. The van der Waals surface area contributed by atoms with Gasteiger partial charge in [-0.05, 0) is 43.9 Å². The van der Waals surface area contributed by atoms with Crippen molar-refractivity contribution in [3.63, 3.8) is 0 Å². The minimum Gasteiger partial charge on any atom is -0.335 e. The first-order chi connectivity index (χ1) is 11.0. The topological polar surface area (TPSA) is 61.4 Å². The van der Waals surface area contributed by atoms with E-state index in [0.29, 0.717) is 37.7 Å². The zero-order valence-corrected chi connectivity index (χ0v) is 13.4. The van der Waals surface area contributed by atoms with Crippen molar-refractivity contribution < 1.29 is 14.0 Å². The zero-order chi connectivity index (χ0) is 16.4. The SMILES string of the molecule is O=C(Nc1ccc(F)c(Cl)c1)C1CCN(C(=O)NC2CC2)CC1. The van der Waals surface area contributed by atoms with Crippen molar-refractivity contribution in [2.75, 3.05) is 18.4 Å². The van der Waals surface area contributed by atoms with E-state index in [1.807, 2.05) is 0 Å². The lowest BCUT2D eigenvalue weighted by atomic mass is 9.96. The van der Waals surface area contributed by atoms with Crippen LogP contribution in [-0.4, -0.2) is 36.0 Å². The number of nitrogens with zero attached hydrogens (tertiary/aromatic N) is 1. The molecule has 2 N–H and O–H groups in total. The Morgan fingerprint density at radius 1 is 1.17 bits per heavy atom. The van der Waals surface area contributed by atoms with E-state index < -0.39 is 5.82 Å². The van der Waals surface area contributed by atoms with E-state index in [0.717, 1.165) is 12.8 Å². The molecule has 1 saturated carbocycles. The molecule has 3 amide bonds. The normalized spacial score (nSPS) is 18.6. The van der Waals surface area contributed by atoms with Crippen LogP contribution in [0.1, 0.15) is 25.7 Å². The second kappa shape index (κ2) is 6.74. The van der Waals surface area contributed by atoms with Crippen molar-refractivity contribution in [1.82, 2.24) is 10.2 Å². The first kappa shape index (κ1) is 16.1. The molecule has 0 aromatic heterocycles. The number of rotatable bonds is 3. The number of hydrogen-bond donors (Lipinski definition) is 2. The minimum atomic E-state index is -0.514. The number of carbonyl (C=O) groups excluding carboxylic acids is 2. The standard InChI is InChI=1S/C16H19ClFN3O2/c17-13-9-12(3-4-14(13)18)19-15(22)10-5-7-21(8-6-10)16(23)20-11-1-2-11/h3-4,9-11H,1-2,5-8H2,(H,19,22)(H,20,23). The molecule has 2 fully saturated rings. The molecule has 3 rings (SSSR count). The molecule has 7 heteroatoms. The number of halogens is 2. The number of hydrogen-bond acceptors (Lipinski definition) is 2. The van der Waals surface area contributed by atoms with Gasteiger partial charge in [-0.25, -0.2) is 9.18 Å². The maximum atomic E-state index is 13.1. The van der Waals surface area contributed by atoms with Crippen LogP contribution >= 0.6 is 11.6 Å². The number of urea groups is 1. The van der Waals surface area contributed by atoms with Crippen molar-refractivity contribution in [1.29, 1.82) is 0 Å². The van der Waals surface area contributed by atoms with Crippen molar-refractivity contribution in [2.45, 2.75) is 31.7 Å². The van der Waals surface area contributed by atoms with E-state index in [9.17, 15) is 14.0 Å². The summed E-state index contributed by atoms with van der Waals surface area (Å²) in [4.78, 5) is 26.0. The summed E-state index contributed by atoms with van der Waals surface area (Å²) in [6.07, 6.45) is 3.37. The van der Waals surface area contributed by atoms with Gasteiger partial charge in [-0.3, -0.25) is 4.79 Å². The summed E-state index contributed by atoms with van der Waals surface area (Å²) in [5.74, 6) is -0.779. The Bertz CT molecular complexity index is 613. The van der Waals surface area contributed by atoms with Gasteiger partial charge in [0.15, 0.2) is 0 Å². The van der Waals surface area contributed by atoms with E-state index >= 15 is 0 Å². The van der Waals surface area contributed by atoms with Crippen LogP contribution < -0.4 is 10.6 Å². The number of likely N-dealkylation sites (tertiary alicyclic amines) is 1. The number of piperidine rings is 1. The van der Waals surface area contributed by atoms with Gasteiger partial charge >= 0.3 is 6.03 Å². The molecule has 1 aliphatic heterocycles. The summed E-state index contributed by atoms with van der Waals surface area (Å²) in [6, 6.07) is 4.41. The maximum Gasteiger partial charge on any atom is 0.317 e. The largest absolute Gasteiger partial charge is 0.335 e. The van der Waals surface area contributed by atoms with Crippen LogP contribution in [0.5, 0.6) is 0 Å². The van der Waals surface area contributed by atoms with Crippen molar-refractivity contribution in [3.05, 3.63) is 29.0 Å². The molecule has 0 unspecified atom stereocenters. The molecular formula is C16H19ClFN3O2. The van der Waals surface area contributed by atoms with Gasteiger partial charge in [0.2, 0.25) is 5.91 Å². The molecule has 1 aliphatic carbocycles. The van der Waals surface area contributed by atoms with E-state index in [2.05, 4.69) is 10.6 Å². The van der Waals surface area contributed by atoms with Crippen LogP contribution in [0.15, 0.2) is 18.2 Å². The van der Waals surface area contributed by atoms with E-state index in [1.165, 1.54) is 18.2 Å². The summed E-state index contributed by atoms with van der Waals surface area (Å²) in [7, 11) is 0. The number of amides is 3. The highest BCUT2D eigenvalue weighted by Crippen LogP contribution is 2.24. The third-order valence-electron chi connectivity index (χ3n) is 4.25. The van der Waals surface area contributed by atoms with Crippen LogP contribution in [0.4, 0.5) is 14.9 Å². The number of benzene rings is 1. The summed E-state index contributed by atoms with van der Waals surface area (Å²) in [5, 5.41) is 5.69. The fourth-order valence-electron chi connectivity index (χ4n) is 2.66. The monoisotopic (exact) mass is 339 g/mol. The van der Waals surface area contributed by atoms with Crippen molar-refractivity contribution in [2.24, 2.45) is 5.92 Å². The Labute approximate surface area is 139 Å².